The van der Waals surface area contributed by atoms with Crippen molar-refractivity contribution in [3.05, 3.63) is 52.7 Å². The number of benzene rings is 1. The molecule has 0 aliphatic rings. The molecule has 0 spiro atoms. The van der Waals surface area contributed by atoms with Gasteiger partial charge in [0, 0.05) is 11.7 Å². The predicted molar refractivity (Wildman–Crippen MR) is 67.5 cm³/mol. The van der Waals surface area contributed by atoms with E-state index in [1.54, 1.807) is 11.3 Å². The SMILES string of the molecule is CC(Cc1ccsc1)Nc1ccccc1. The van der Waals surface area contributed by atoms with E-state index in [0.717, 1.165) is 6.42 Å². The fourth-order valence-electron chi connectivity index (χ4n) is 1.63. The van der Waals surface area contributed by atoms with E-state index in [1.807, 2.05) is 6.07 Å². The smallest absolute Gasteiger partial charge is 0.0342 e. The second kappa shape index (κ2) is 4.99. The topological polar surface area (TPSA) is 12.0 Å². The zero-order chi connectivity index (χ0) is 10.5. The molecule has 0 amide bonds. The summed E-state index contributed by atoms with van der Waals surface area (Å²) in [5.41, 5.74) is 2.61. The van der Waals surface area contributed by atoms with Gasteiger partial charge in [0.15, 0.2) is 0 Å². The monoisotopic (exact) mass is 217 g/mol. The molecule has 0 saturated carbocycles. The number of anilines is 1. The Kier molecular flexibility index (Phi) is 3.41. The molecule has 15 heavy (non-hydrogen) atoms. The molecule has 2 rings (SSSR count). The quantitative estimate of drug-likeness (QED) is 0.821. The predicted octanol–water partition coefficient (Wildman–Crippen LogP) is 3.79. The second-order valence-corrected chi connectivity index (χ2v) is 4.53. The van der Waals surface area contributed by atoms with Gasteiger partial charge in [-0.2, -0.15) is 11.3 Å². The van der Waals surface area contributed by atoms with E-state index in [-0.39, 0.29) is 0 Å². The molecule has 1 N–H and O–H groups in total. The summed E-state index contributed by atoms with van der Waals surface area (Å²) in [4.78, 5) is 0. The molecule has 0 aliphatic carbocycles. The summed E-state index contributed by atoms with van der Waals surface area (Å²) >= 11 is 1.76. The Balaban J connectivity index is 1.90. The van der Waals surface area contributed by atoms with Crippen molar-refractivity contribution < 1.29 is 0 Å². The second-order valence-electron chi connectivity index (χ2n) is 3.75. The standard InChI is InChI=1S/C13H15NS/c1-11(9-12-7-8-15-10-12)14-13-5-3-2-4-6-13/h2-8,10-11,14H,9H2,1H3. The lowest BCUT2D eigenvalue weighted by molar-refractivity contribution is 0.793. The summed E-state index contributed by atoms with van der Waals surface area (Å²) in [5.74, 6) is 0. The number of rotatable bonds is 4. The molecule has 0 fully saturated rings. The maximum Gasteiger partial charge on any atom is 0.0342 e. The lowest BCUT2D eigenvalue weighted by Crippen LogP contribution is -2.17. The van der Waals surface area contributed by atoms with Gasteiger partial charge in [-0.05, 0) is 47.9 Å². The minimum absolute atomic E-state index is 0.474. The Hall–Kier alpha value is -1.28. The van der Waals surface area contributed by atoms with Crippen molar-refractivity contribution in [1.82, 2.24) is 0 Å². The van der Waals surface area contributed by atoms with Gasteiger partial charge in [0.2, 0.25) is 0 Å². The van der Waals surface area contributed by atoms with Crippen LogP contribution >= 0.6 is 11.3 Å². The number of thiophene rings is 1. The molecule has 1 aromatic carbocycles. The third-order valence-electron chi connectivity index (χ3n) is 2.31. The van der Waals surface area contributed by atoms with E-state index in [1.165, 1.54) is 11.3 Å². The minimum atomic E-state index is 0.474. The molecule has 78 valence electrons. The molecular weight excluding hydrogens is 202 g/mol. The first kappa shape index (κ1) is 10.2. The zero-order valence-electron chi connectivity index (χ0n) is 8.81. The maximum atomic E-state index is 3.48. The van der Waals surface area contributed by atoms with E-state index >= 15 is 0 Å². The molecule has 0 bridgehead atoms. The molecular formula is C13H15NS. The summed E-state index contributed by atoms with van der Waals surface area (Å²) in [6.07, 6.45) is 1.08. The molecule has 1 unspecified atom stereocenters. The first-order chi connectivity index (χ1) is 7.34. The Morgan fingerprint density at radius 2 is 2.00 bits per heavy atom. The molecule has 1 aromatic heterocycles. The molecule has 1 heterocycles. The first-order valence-electron chi connectivity index (χ1n) is 5.17. The zero-order valence-corrected chi connectivity index (χ0v) is 9.63. The normalized spacial score (nSPS) is 12.3. The highest BCUT2D eigenvalue weighted by Gasteiger charge is 2.03. The Morgan fingerprint density at radius 1 is 1.20 bits per heavy atom. The maximum absolute atomic E-state index is 3.48. The van der Waals surface area contributed by atoms with Gasteiger partial charge in [0.25, 0.3) is 0 Å². The van der Waals surface area contributed by atoms with Crippen molar-refractivity contribution in [2.24, 2.45) is 0 Å². The van der Waals surface area contributed by atoms with Crippen LogP contribution in [0, 0.1) is 0 Å². The van der Waals surface area contributed by atoms with Gasteiger partial charge in [-0.25, -0.2) is 0 Å². The summed E-state index contributed by atoms with van der Waals surface area (Å²) in [7, 11) is 0. The van der Waals surface area contributed by atoms with Crippen LogP contribution in [0.1, 0.15) is 12.5 Å². The Morgan fingerprint density at radius 3 is 2.67 bits per heavy atom. The van der Waals surface area contributed by atoms with Crippen molar-refractivity contribution in [1.29, 1.82) is 0 Å². The number of hydrogen-bond donors (Lipinski definition) is 1. The molecule has 2 heteroatoms. The average Bonchev–Trinajstić information content (AvgIpc) is 2.71. The molecule has 0 radical (unpaired) electrons. The van der Waals surface area contributed by atoms with Crippen LogP contribution < -0.4 is 5.32 Å². The summed E-state index contributed by atoms with van der Waals surface area (Å²) in [5, 5.41) is 7.83. The molecule has 0 aliphatic heterocycles. The molecule has 0 saturated heterocycles. The molecule has 2 aromatic rings. The van der Waals surface area contributed by atoms with Crippen LogP contribution in [0.3, 0.4) is 0 Å². The summed E-state index contributed by atoms with van der Waals surface area (Å²) in [6.45, 7) is 2.21. The largest absolute Gasteiger partial charge is 0.382 e. The Labute approximate surface area is 94.8 Å². The van der Waals surface area contributed by atoms with Gasteiger partial charge in [-0.1, -0.05) is 18.2 Å². The third kappa shape index (κ3) is 3.10. The van der Waals surface area contributed by atoms with Gasteiger partial charge < -0.3 is 5.32 Å². The van der Waals surface area contributed by atoms with Crippen molar-refractivity contribution in [2.75, 3.05) is 5.32 Å². The fraction of sp³-hybridized carbons (Fsp3) is 0.231. The van der Waals surface area contributed by atoms with Crippen molar-refractivity contribution in [3.8, 4) is 0 Å². The highest BCUT2D eigenvalue weighted by Crippen LogP contribution is 2.12. The van der Waals surface area contributed by atoms with E-state index < -0.39 is 0 Å². The van der Waals surface area contributed by atoms with Crippen LogP contribution in [-0.4, -0.2) is 6.04 Å². The van der Waals surface area contributed by atoms with Crippen LogP contribution in [0.25, 0.3) is 0 Å². The van der Waals surface area contributed by atoms with Crippen LogP contribution in [0.2, 0.25) is 0 Å². The van der Waals surface area contributed by atoms with Crippen molar-refractivity contribution in [2.45, 2.75) is 19.4 Å². The average molecular weight is 217 g/mol. The van der Waals surface area contributed by atoms with E-state index in [0.29, 0.717) is 6.04 Å². The van der Waals surface area contributed by atoms with E-state index in [9.17, 15) is 0 Å². The molecule has 1 atom stereocenters. The van der Waals surface area contributed by atoms with Crippen LogP contribution in [-0.2, 0) is 6.42 Å². The van der Waals surface area contributed by atoms with E-state index in [2.05, 4.69) is 53.3 Å². The van der Waals surface area contributed by atoms with Gasteiger partial charge in [-0.3, -0.25) is 0 Å². The van der Waals surface area contributed by atoms with Crippen LogP contribution in [0.4, 0.5) is 5.69 Å². The third-order valence-corrected chi connectivity index (χ3v) is 3.04. The Bertz CT molecular complexity index is 380. The lowest BCUT2D eigenvalue weighted by Gasteiger charge is -2.14. The first-order valence-corrected chi connectivity index (χ1v) is 6.11. The summed E-state index contributed by atoms with van der Waals surface area (Å²) in [6, 6.07) is 13.0. The van der Waals surface area contributed by atoms with Gasteiger partial charge in [0.1, 0.15) is 0 Å². The molecule has 1 nitrogen and oxygen atoms in total. The highest BCUT2D eigenvalue weighted by atomic mass is 32.1. The highest BCUT2D eigenvalue weighted by molar-refractivity contribution is 7.07. The summed E-state index contributed by atoms with van der Waals surface area (Å²) < 4.78 is 0. The minimum Gasteiger partial charge on any atom is -0.382 e. The van der Waals surface area contributed by atoms with Crippen LogP contribution in [0.5, 0.6) is 0 Å². The lowest BCUT2D eigenvalue weighted by atomic mass is 10.1. The van der Waals surface area contributed by atoms with Gasteiger partial charge in [0.05, 0.1) is 0 Å². The van der Waals surface area contributed by atoms with Gasteiger partial charge >= 0.3 is 0 Å². The number of nitrogens with one attached hydrogen (secondary N) is 1. The van der Waals surface area contributed by atoms with Crippen LogP contribution in [0.15, 0.2) is 47.2 Å². The number of hydrogen-bond acceptors (Lipinski definition) is 2. The fourth-order valence-corrected chi connectivity index (χ4v) is 2.31. The number of para-hydroxylation sites is 1. The van der Waals surface area contributed by atoms with E-state index in [4.69, 9.17) is 0 Å². The van der Waals surface area contributed by atoms with Gasteiger partial charge in [-0.15, -0.1) is 0 Å². The van der Waals surface area contributed by atoms with Crippen molar-refractivity contribution in [3.63, 3.8) is 0 Å². The van der Waals surface area contributed by atoms with Crippen molar-refractivity contribution >= 4 is 17.0 Å².